The molecular weight excluding hydrogens is 206 g/mol. The maximum absolute atomic E-state index is 2.44. The highest BCUT2D eigenvalue weighted by Crippen LogP contribution is 2.22. The minimum absolute atomic E-state index is 0.646. The van der Waals surface area contributed by atoms with Crippen molar-refractivity contribution in [3.05, 3.63) is 35.4 Å². The maximum Gasteiger partial charge on any atom is -0.00190 e. The van der Waals surface area contributed by atoms with E-state index in [0.29, 0.717) is 5.92 Å². The molecule has 0 atom stereocenters. The fourth-order valence-electron chi connectivity index (χ4n) is 2.64. The summed E-state index contributed by atoms with van der Waals surface area (Å²) >= 11 is 0. The van der Waals surface area contributed by atoms with Crippen LogP contribution in [-0.4, -0.2) is 25.0 Å². The summed E-state index contributed by atoms with van der Waals surface area (Å²) in [5, 5.41) is 0. The van der Waals surface area contributed by atoms with Crippen LogP contribution in [-0.2, 0) is 6.42 Å². The molecule has 1 saturated heterocycles. The predicted octanol–water partition coefficient (Wildman–Crippen LogP) is 3.69. The highest BCUT2D eigenvalue weighted by molar-refractivity contribution is 5.25. The minimum atomic E-state index is 0.646. The van der Waals surface area contributed by atoms with E-state index in [-0.39, 0.29) is 0 Å². The maximum atomic E-state index is 2.44. The van der Waals surface area contributed by atoms with Crippen LogP contribution < -0.4 is 0 Å². The zero-order chi connectivity index (χ0) is 12.3. The van der Waals surface area contributed by atoms with Gasteiger partial charge in [0.15, 0.2) is 0 Å². The van der Waals surface area contributed by atoms with Gasteiger partial charge in [0.1, 0.15) is 0 Å². The number of hydrogen-bond acceptors (Lipinski definition) is 1. The number of benzene rings is 1. The summed E-state index contributed by atoms with van der Waals surface area (Å²) in [6.07, 6.45) is 4.00. The molecule has 1 nitrogen and oxygen atoms in total. The Balaban J connectivity index is 1.90. The number of hydrogen-bond donors (Lipinski definition) is 0. The van der Waals surface area contributed by atoms with E-state index < -0.39 is 0 Å². The van der Waals surface area contributed by atoms with Crippen LogP contribution in [0.15, 0.2) is 24.3 Å². The molecule has 0 spiro atoms. The van der Waals surface area contributed by atoms with Gasteiger partial charge >= 0.3 is 0 Å². The Bertz CT molecular complexity index is 331. The van der Waals surface area contributed by atoms with Crippen LogP contribution in [0.5, 0.6) is 0 Å². The number of likely N-dealkylation sites (tertiary alicyclic amines) is 1. The Labute approximate surface area is 106 Å². The molecule has 1 aliphatic heterocycles. The van der Waals surface area contributed by atoms with Gasteiger partial charge in [0.2, 0.25) is 0 Å². The fraction of sp³-hybridized carbons (Fsp3) is 0.625. The van der Waals surface area contributed by atoms with Gasteiger partial charge in [-0.25, -0.2) is 0 Å². The van der Waals surface area contributed by atoms with Crippen LogP contribution in [0.25, 0.3) is 0 Å². The molecule has 0 bridgehead atoms. The second-order valence-electron chi connectivity index (χ2n) is 5.85. The normalized spacial score (nSPS) is 18.8. The van der Waals surface area contributed by atoms with E-state index in [9.17, 15) is 0 Å². The van der Waals surface area contributed by atoms with E-state index in [1.165, 1.54) is 43.5 Å². The van der Waals surface area contributed by atoms with Gasteiger partial charge in [0.25, 0.3) is 0 Å². The first-order valence-electron chi connectivity index (χ1n) is 6.92. The van der Waals surface area contributed by atoms with Gasteiger partial charge in [0.05, 0.1) is 0 Å². The highest BCUT2D eigenvalue weighted by atomic mass is 15.1. The zero-order valence-corrected chi connectivity index (χ0v) is 11.4. The minimum Gasteiger partial charge on any atom is -0.306 e. The molecule has 17 heavy (non-hydrogen) atoms. The molecule has 1 heterocycles. The Hall–Kier alpha value is -0.820. The van der Waals surface area contributed by atoms with Crippen molar-refractivity contribution in [2.24, 2.45) is 5.92 Å². The molecule has 1 aliphatic rings. The summed E-state index contributed by atoms with van der Waals surface area (Å²) < 4.78 is 0. The smallest absolute Gasteiger partial charge is 0.00190 e. The molecule has 0 N–H and O–H groups in total. The van der Waals surface area contributed by atoms with Crippen molar-refractivity contribution in [1.82, 2.24) is 4.90 Å². The van der Waals surface area contributed by atoms with Crippen molar-refractivity contribution in [1.29, 1.82) is 0 Å². The van der Waals surface area contributed by atoms with Crippen LogP contribution >= 0.6 is 0 Å². The SMILES string of the molecule is CC(C)c1ccc(CC2CCN(C)CC2)cc1. The lowest BCUT2D eigenvalue weighted by Gasteiger charge is -2.29. The van der Waals surface area contributed by atoms with Gasteiger partial charge in [-0.05, 0) is 62.4 Å². The van der Waals surface area contributed by atoms with Crippen molar-refractivity contribution >= 4 is 0 Å². The van der Waals surface area contributed by atoms with E-state index in [1.807, 2.05) is 0 Å². The van der Waals surface area contributed by atoms with Gasteiger partial charge in [-0.2, -0.15) is 0 Å². The van der Waals surface area contributed by atoms with Crippen molar-refractivity contribution in [3.63, 3.8) is 0 Å². The van der Waals surface area contributed by atoms with Gasteiger partial charge in [-0.15, -0.1) is 0 Å². The summed E-state index contributed by atoms with van der Waals surface area (Å²) in [6, 6.07) is 9.26. The Kier molecular flexibility index (Phi) is 4.22. The van der Waals surface area contributed by atoms with E-state index in [4.69, 9.17) is 0 Å². The van der Waals surface area contributed by atoms with Crippen LogP contribution in [0.4, 0.5) is 0 Å². The second kappa shape index (κ2) is 5.68. The zero-order valence-electron chi connectivity index (χ0n) is 11.4. The molecule has 1 heteroatoms. The van der Waals surface area contributed by atoms with Gasteiger partial charge < -0.3 is 4.90 Å². The third-order valence-electron chi connectivity index (χ3n) is 4.01. The van der Waals surface area contributed by atoms with Crippen LogP contribution in [0.1, 0.15) is 43.7 Å². The lowest BCUT2D eigenvalue weighted by atomic mass is 9.89. The van der Waals surface area contributed by atoms with E-state index in [1.54, 1.807) is 0 Å². The summed E-state index contributed by atoms with van der Waals surface area (Å²) in [7, 11) is 2.23. The molecule has 0 aromatic heterocycles. The lowest BCUT2D eigenvalue weighted by Crippen LogP contribution is -2.30. The summed E-state index contributed by atoms with van der Waals surface area (Å²) in [6.45, 7) is 7.06. The molecule has 2 rings (SSSR count). The average Bonchev–Trinajstić information content (AvgIpc) is 2.33. The first kappa shape index (κ1) is 12.6. The molecule has 0 unspecified atom stereocenters. The van der Waals surface area contributed by atoms with Crippen molar-refractivity contribution in [3.8, 4) is 0 Å². The molecule has 0 aliphatic carbocycles. The van der Waals surface area contributed by atoms with Crippen LogP contribution in [0, 0.1) is 5.92 Å². The highest BCUT2D eigenvalue weighted by Gasteiger charge is 2.16. The Morgan fingerprint density at radius 3 is 2.24 bits per heavy atom. The fourth-order valence-corrected chi connectivity index (χ4v) is 2.64. The molecule has 1 fully saturated rings. The molecule has 0 saturated carbocycles. The van der Waals surface area contributed by atoms with Gasteiger partial charge in [-0.1, -0.05) is 38.1 Å². The number of nitrogens with zero attached hydrogens (tertiary/aromatic N) is 1. The molecule has 1 aromatic rings. The quantitative estimate of drug-likeness (QED) is 0.767. The molecule has 0 radical (unpaired) electrons. The topological polar surface area (TPSA) is 3.24 Å². The largest absolute Gasteiger partial charge is 0.306 e. The Morgan fingerprint density at radius 2 is 1.71 bits per heavy atom. The molecule has 0 amide bonds. The average molecular weight is 231 g/mol. The van der Waals surface area contributed by atoms with Crippen molar-refractivity contribution in [2.75, 3.05) is 20.1 Å². The molecule has 1 aromatic carbocycles. The molecular formula is C16H25N. The predicted molar refractivity (Wildman–Crippen MR) is 74.5 cm³/mol. The van der Waals surface area contributed by atoms with E-state index in [0.717, 1.165) is 5.92 Å². The van der Waals surface area contributed by atoms with Crippen LogP contribution in [0.3, 0.4) is 0 Å². The molecule has 94 valence electrons. The van der Waals surface area contributed by atoms with E-state index >= 15 is 0 Å². The third kappa shape index (κ3) is 3.57. The van der Waals surface area contributed by atoms with E-state index in [2.05, 4.69) is 50.1 Å². The number of rotatable bonds is 3. The first-order valence-corrected chi connectivity index (χ1v) is 6.92. The number of piperidine rings is 1. The summed E-state index contributed by atoms with van der Waals surface area (Å²) in [5.74, 6) is 1.54. The Morgan fingerprint density at radius 1 is 1.12 bits per heavy atom. The van der Waals surface area contributed by atoms with Gasteiger partial charge in [-0.3, -0.25) is 0 Å². The summed E-state index contributed by atoms with van der Waals surface area (Å²) in [5.41, 5.74) is 2.97. The standard InChI is InChI=1S/C16H25N/c1-13(2)16-6-4-14(5-7-16)12-15-8-10-17(3)11-9-15/h4-7,13,15H,8-12H2,1-3H3. The summed E-state index contributed by atoms with van der Waals surface area (Å²) in [4.78, 5) is 2.44. The van der Waals surface area contributed by atoms with Crippen LogP contribution in [0.2, 0.25) is 0 Å². The first-order chi connectivity index (χ1) is 8.15. The third-order valence-corrected chi connectivity index (χ3v) is 4.01. The van der Waals surface area contributed by atoms with Gasteiger partial charge in [0, 0.05) is 0 Å². The van der Waals surface area contributed by atoms with Crippen molar-refractivity contribution in [2.45, 2.75) is 39.0 Å². The second-order valence-corrected chi connectivity index (χ2v) is 5.85. The monoisotopic (exact) mass is 231 g/mol. The lowest BCUT2D eigenvalue weighted by molar-refractivity contribution is 0.219. The van der Waals surface area contributed by atoms with Crippen molar-refractivity contribution < 1.29 is 0 Å².